The standard InChI is InChI=1S/C19H21N3O2/c23-22(24)19-11-5-4-7-17(19)8-6-12-20-13-15-21(16-14-20)18-9-2-1-3-10-18/h1-11H,12-16H2. The highest BCUT2D eigenvalue weighted by Gasteiger charge is 2.16. The summed E-state index contributed by atoms with van der Waals surface area (Å²) in [4.78, 5) is 15.4. The summed E-state index contributed by atoms with van der Waals surface area (Å²) in [7, 11) is 0. The maximum Gasteiger partial charge on any atom is 0.276 e. The van der Waals surface area contributed by atoms with Gasteiger partial charge in [-0.1, -0.05) is 42.5 Å². The van der Waals surface area contributed by atoms with E-state index in [0.717, 1.165) is 32.7 Å². The molecule has 1 aliphatic rings. The molecule has 0 aliphatic carbocycles. The van der Waals surface area contributed by atoms with Gasteiger partial charge < -0.3 is 4.90 Å². The van der Waals surface area contributed by atoms with Crippen molar-refractivity contribution in [3.8, 4) is 0 Å². The van der Waals surface area contributed by atoms with Crippen LogP contribution >= 0.6 is 0 Å². The van der Waals surface area contributed by atoms with Crippen LogP contribution in [0.15, 0.2) is 60.7 Å². The summed E-state index contributed by atoms with van der Waals surface area (Å²) < 4.78 is 0. The Morgan fingerprint density at radius 3 is 2.33 bits per heavy atom. The monoisotopic (exact) mass is 323 g/mol. The first-order valence-electron chi connectivity index (χ1n) is 8.16. The lowest BCUT2D eigenvalue weighted by Gasteiger charge is -2.35. The number of para-hydroxylation sites is 2. The Bertz CT molecular complexity index is 708. The van der Waals surface area contributed by atoms with Crippen LogP contribution in [0.2, 0.25) is 0 Å². The number of piperazine rings is 1. The molecule has 24 heavy (non-hydrogen) atoms. The Hall–Kier alpha value is -2.66. The molecule has 1 saturated heterocycles. The zero-order valence-corrected chi connectivity index (χ0v) is 13.5. The van der Waals surface area contributed by atoms with Crippen LogP contribution in [0.4, 0.5) is 11.4 Å². The number of rotatable bonds is 5. The van der Waals surface area contributed by atoms with Gasteiger partial charge in [0, 0.05) is 44.5 Å². The zero-order chi connectivity index (χ0) is 16.8. The van der Waals surface area contributed by atoms with Gasteiger partial charge in [-0.15, -0.1) is 0 Å². The van der Waals surface area contributed by atoms with Crippen LogP contribution in [0.5, 0.6) is 0 Å². The molecule has 1 heterocycles. The number of nitro groups is 1. The number of hydrogen-bond acceptors (Lipinski definition) is 4. The van der Waals surface area contributed by atoms with Gasteiger partial charge in [0.25, 0.3) is 5.69 Å². The van der Waals surface area contributed by atoms with Crippen LogP contribution in [0.3, 0.4) is 0 Å². The van der Waals surface area contributed by atoms with Crippen LogP contribution in [0.1, 0.15) is 5.56 Å². The molecule has 0 unspecified atom stereocenters. The minimum atomic E-state index is -0.335. The van der Waals surface area contributed by atoms with E-state index in [9.17, 15) is 10.1 Å². The third kappa shape index (κ3) is 4.00. The molecule has 0 saturated carbocycles. The quantitative estimate of drug-likeness (QED) is 0.625. The van der Waals surface area contributed by atoms with Crippen molar-refractivity contribution in [2.24, 2.45) is 0 Å². The summed E-state index contributed by atoms with van der Waals surface area (Å²) in [6.45, 7) is 4.81. The molecule has 0 atom stereocenters. The number of anilines is 1. The Morgan fingerprint density at radius 2 is 1.62 bits per heavy atom. The molecular formula is C19H21N3O2. The Balaban J connectivity index is 1.53. The van der Waals surface area contributed by atoms with E-state index < -0.39 is 0 Å². The molecule has 1 aliphatic heterocycles. The maximum atomic E-state index is 11.0. The first-order chi connectivity index (χ1) is 11.7. The van der Waals surface area contributed by atoms with Gasteiger partial charge in [0.1, 0.15) is 0 Å². The van der Waals surface area contributed by atoms with Crippen molar-refractivity contribution < 1.29 is 4.92 Å². The fourth-order valence-corrected chi connectivity index (χ4v) is 2.95. The van der Waals surface area contributed by atoms with Crippen LogP contribution in [-0.4, -0.2) is 42.5 Å². The molecule has 124 valence electrons. The second-order valence-electron chi connectivity index (χ2n) is 5.84. The van der Waals surface area contributed by atoms with E-state index >= 15 is 0 Å². The first-order valence-corrected chi connectivity index (χ1v) is 8.16. The fourth-order valence-electron chi connectivity index (χ4n) is 2.95. The number of nitrogens with zero attached hydrogens (tertiary/aromatic N) is 3. The minimum Gasteiger partial charge on any atom is -0.369 e. The van der Waals surface area contributed by atoms with E-state index in [0.29, 0.717) is 5.56 Å². The van der Waals surface area contributed by atoms with Crippen molar-refractivity contribution in [3.05, 3.63) is 76.4 Å². The van der Waals surface area contributed by atoms with Crippen LogP contribution in [-0.2, 0) is 0 Å². The average molecular weight is 323 g/mol. The van der Waals surface area contributed by atoms with Crippen LogP contribution < -0.4 is 4.90 Å². The summed E-state index contributed by atoms with van der Waals surface area (Å²) in [5.74, 6) is 0. The van der Waals surface area contributed by atoms with E-state index in [-0.39, 0.29) is 10.6 Å². The first kappa shape index (κ1) is 16.2. The molecule has 0 amide bonds. The van der Waals surface area contributed by atoms with Gasteiger partial charge in [0.05, 0.1) is 10.5 Å². The normalized spacial score (nSPS) is 15.8. The average Bonchev–Trinajstić information content (AvgIpc) is 2.63. The largest absolute Gasteiger partial charge is 0.369 e. The number of hydrogen-bond donors (Lipinski definition) is 0. The van der Waals surface area contributed by atoms with E-state index in [1.807, 2.05) is 24.3 Å². The molecule has 0 aromatic heterocycles. The smallest absolute Gasteiger partial charge is 0.276 e. The highest BCUT2D eigenvalue weighted by molar-refractivity contribution is 5.60. The van der Waals surface area contributed by atoms with Crippen molar-refractivity contribution in [2.45, 2.75) is 0 Å². The molecular weight excluding hydrogens is 302 g/mol. The maximum absolute atomic E-state index is 11.0. The van der Waals surface area contributed by atoms with Crippen LogP contribution in [0.25, 0.3) is 6.08 Å². The van der Waals surface area contributed by atoms with E-state index in [1.165, 1.54) is 11.8 Å². The Labute approximate surface area is 142 Å². The predicted molar refractivity (Wildman–Crippen MR) is 97.2 cm³/mol. The fraction of sp³-hybridized carbons (Fsp3) is 0.263. The van der Waals surface area contributed by atoms with Gasteiger partial charge >= 0.3 is 0 Å². The molecule has 0 bridgehead atoms. The second kappa shape index (κ2) is 7.75. The van der Waals surface area contributed by atoms with Crippen molar-refractivity contribution in [1.82, 2.24) is 4.90 Å². The highest BCUT2D eigenvalue weighted by atomic mass is 16.6. The SMILES string of the molecule is O=[N+]([O-])c1ccccc1C=CCN1CCN(c2ccccc2)CC1. The molecule has 2 aromatic rings. The lowest BCUT2D eigenvalue weighted by atomic mass is 10.1. The van der Waals surface area contributed by atoms with E-state index in [2.05, 4.69) is 34.1 Å². The lowest BCUT2D eigenvalue weighted by Crippen LogP contribution is -2.46. The molecule has 0 N–H and O–H groups in total. The van der Waals surface area contributed by atoms with Crippen molar-refractivity contribution in [3.63, 3.8) is 0 Å². The summed E-state index contributed by atoms with van der Waals surface area (Å²) in [6.07, 6.45) is 3.86. The lowest BCUT2D eigenvalue weighted by molar-refractivity contribution is -0.385. The highest BCUT2D eigenvalue weighted by Crippen LogP contribution is 2.19. The van der Waals surface area contributed by atoms with E-state index in [4.69, 9.17) is 0 Å². The van der Waals surface area contributed by atoms with Gasteiger partial charge in [-0.25, -0.2) is 0 Å². The summed E-state index contributed by atoms with van der Waals surface area (Å²) >= 11 is 0. The molecule has 2 aromatic carbocycles. The van der Waals surface area contributed by atoms with Gasteiger partial charge in [-0.05, 0) is 18.2 Å². The molecule has 3 rings (SSSR count). The van der Waals surface area contributed by atoms with Gasteiger partial charge in [0.15, 0.2) is 0 Å². The van der Waals surface area contributed by atoms with Crippen LogP contribution in [0, 0.1) is 10.1 Å². The van der Waals surface area contributed by atoms with E-state index in [1.54, 1.807) is 12.1 Å². The van der Waals surface area contributed by atoms with Gasteiger partial charge in [0.2, 0.25) is 0 Å². The summed E-state index contributed by atoms with van der Waals surface area (Å²) in [6, 6.07) is 17.3. The zero-order valence-electron chi connectivity index (χ0n) is 13.5. The van der Waals surface area contributed by atoms with Gasteiger partial charge in [-0.2, -0.15) is 0 Å². The third-order valence-electron chi connectivity index (χ3n) is 4.29. The predicted octanol–water partition coefficient (Wildman–Crippen LogP) is 3.43. The summed E-state index contributed by atoms with van der Waals surface area (Å²) in [5.41, 5.74) is 2.08. The number of nitro benzene ring substituents is 1. The molecule has 5 heteroatoms. The second-order valence-corrected chi connectivity index (χ2v) is 5.84. The Morgan fingerprint density at radius 1 is 0.958 bits per heavy atom. The van der Waals surface area contributed by atoms with Gasteiger partial charge in [-0.3, -0.25) is 15.0 Å². The Kier molecular flexibility index (Phi) is 5.23. The summed E-state index contributed by atoms with van der Waals surface area (Å²) in [5, 5.41) is 11.0. The molecule has 5 nitrogen and oxygen atoms in total. The van der Waals surface area contributed by atoms with Crippen molar-refractivity contribution >= 4 is 17.5 Å². The molecule has 0 radical (unpaired) electrons. The molecule has 1 fully saturated rings. The van der Waals surface area contributed by atoms with Crippen molar-refractivity contribution in [1.29, 1.82) is 0 Å². The third-order valence-corrected chi connectivity index (χ3v) is 4.29. The molecule has 0 spiro atoms. The topological polar surface area (TPSA) is 49.6 Å². The number of benzene rings is 2. The van der Waals surface area contributed by atoms with Crippen molar-refractivity contribution in [2.75, 3.05) is 37.6 Å². The minimum absolute atomic E-state index is 0.155.